The first kappa shape index (κ1) is 16.2. The van der Waals surface area contributed by atoms with Crippen molar-refractivity contribution in [2.24, 2.45) is 0 Å². The maximum absolute atomic E-state index is 13.6. The molecule has 0 fully saturated rings. The van der Waals surface area contributed by atoms with E-state index in [1.165, 1.54) is 6.07 Å². The Morgan fingerprint density at radius 3 is 2.75 bits per heavy atom. The summed E-state index contributed by atoms with van der Waals surface area (Å²) in [6.07, 6.45) is 0. The summed E-state index contributed by atoms with van der Waals surface area (Å²) in [6, 6.07) is 5.18. The summed E-state index contributed by atoms with van der Waals surface area (Å²) in [6.45, 7) is 0. The van der Waals surface area contributed by atoms with Gasteiger partial charge in [0.05, 0.1) is 20.2 Å². The molecular weight excluding hydrogens is 364 g/mol. The highest BCUT2D eigenvalue weighted by Gasteiger charge is 2.18. The van der Waals surface area contributed by atoms with Crippen molar-refractivity contribution in [3.05, 3.63) is 62.7 Å². The molecule has 1 amide bonds. The number of non-ortho nitro benzene ring substituents is 1. The molecule has 0 radical (unpaired) electrons. The fraction of sp³-hybridized carbons (Fsp3) is 0. The van der Waals surface area contributed by atoms with E-state index in [0.717, 1.165) is 29.5 Å². The third-order valence-corrected chi connectivity index (χ3v) is 4.29. The van der Waals surface area contributed by atoms with Crippen molar-refractivity contribution >= 4 is 49.9 Å². The molecule has 0 saturated carbocycles. The highest BCUT2D eigenvalue weighted by molar-refractivity contribution is 7.22. The lowest BCUT2D eigenvalue weighted by atomic mass is 10.2. The Morgan fingerprint density at radius 2 is 2.04 bits per heavy atom. The second kappa shape index (κ2) is 6.10. The number of benzene rings is 2. The smallest absolute Gasteiger partial charge is 0.270 e. The van der Waals surface area contributed by atoms with Gasteiger partial charge in [0, 0.05) is 18.2 Å². The van der Waals surface area contributed by atoms with Crippen LogP contribution in [0.4, 0.5) is 19.6 Å². The first-order chi connectivity index (χ1) is 11.3. The fourth-order valence-electron chi connectivity index (χ4n) is 1.98. The number of carbonyl (C=O) groups is 1. The Bertz CT molecular complexity index is 993. The third kappa shape index (κ3) is 3.03. The maximum atomic E-state index is 13.6. The molecule has 0 bridgehead atoms. The first-order valence-corrected chi connectivity index (χ1v) is 7.55. The molecule has 10 heteroatoms. The number of thiazole rings is 1. The minimum absolute atomic E-state index is 0.0106. The van der Waals surface area contributed by atoms with Gasteiger partial charge in [-0.25, -0.2) is 13.8 Å². The highest BCUT2D eigenvalue weighted by atomic mass is 35.5. The summed E-state index contributed by atoms with van der Waals surface area (Å²) in [7, 11) is 0. The van der Waals surface area contributed by atoms with E-state index >= 15 is 0 Å². The predicted molar refractivity (Wildman–Crippen MR) is 85.6 cm³/mol. The molecule has 3 rings (SSSR count). The minimum Gasteiger partial charge on any atom is -0.298 e. The molecule has 6 nitrogen and oxygen atoms in total. The fourth-order valence-corrected chi connectivity index (χ4v) is 3.08. The molecule has 0 saturated heterocycles. The number of nitrogens with one attached hydrogen (secondary N) is 1. The van der Waals surface area contributed by atoms with Gasteiger partial charge < -0.3 is 0 Å². The number of rotatable bonds is 3. The quantitative estimate of drug-likeness (QED) is 0.548. The predicted octanol–water partition coefficient (Wildman–Crippen LogP) is 4.39. The number of hydrogen-bond acceptors (Lipinski definition) is 5. The zero-order valence-corrected chi connectivity index (χ0v) is 13.1. The van der Waals surface area contributed by atoms with E-state index in [-0.39, 0.29) is 31.6 Å². The monoisotopic (exact) mass is 369 g/mol. The van der Waals surface area contributed by atoms with Crippen molar-refractivity contribution in [1.82, 2.24) is 4.98 Å². The molecule has 0 aliphatic heterocycles. The van der Waals surface area contributed by atoms with Crippen LogP contribution >= 0.6 is 22.9 Å². The zero-order valence-electron chi connectivity index (χ0n) is 11.5. The van der Waals surface area contributed by atoms with Crippen molar-refractivity contribution in [3.8, 4) is 0 Å². The van der Waals surface area contributed by atoms with E-state index in [4.69, 9.17) is 11.6 Å². The van der Waals surface area contributed by atoms with Crippen LogP contribution < -0.4 is 5.32 Å². The van der Waals surface area contributed by atoms with E-state index in [0.29, 0.717) is 6.07 Å². The molecule has 0 aliphatic carbocycles. The third-order valence-electron chi connectivity index (χ3n) is 3.04. The van der Waals surface area contributed by atoms with Gasteiger partial charge in [-0.05, 0) is 12.1 Å². The van der Waals surface area contributed by atoms with Crippen LogP contribution in [0.1, 0.15) is 10.4 Å². The lowest BCUT2D eigenvalue weighted by Gasteiger charge is -2.03. The van der Waals surface area contributed by atoms with Crippen LogP contribution in [0, 0.1) is 21.7 Å². The average Bonchev–Trinajstić information content (AvgIpc) is 2.89. The molecule has 2 aromatic carbocycles. The molecule has 0 aliphatic rings. The van der Waals surface area contributed by atoms with Crippen molar-refractivity contribution in [2.75, 3.05) is 5.32 Å². The van der Waals surface area contributed by atoms with Gasteiger partial charge in [-0.3, -0.25) is 20.2 Å². The van der Waals surface area contributed by atoms with Crippen LogP contribution in [0.5, 0.6) is 0 Å². The number of carbonyl (C=O) groups excluding carboxylic acids is 1. The van der Waals surface area contributed by atoms with Crippen molar-refractivity contribution in [3.63, 3.8) is 0 Å². The summed E-state index contributed by atoms with van der Waals surface area (Å²) >= 11 is 6.74. The second-order valence-electron chi connectivity index (χ2n) is 4.63. The molecular formula is C14H6ClF2N3O3S. The molecule has 1 heterocycles. The molecule has 1 N–H and O–H groups in total. The standard InChI is InChI=1S/C14H6ClF2N3O3S/c15-9-2-1-7(20(22)23)5-8(9)13(21)19-14-18-12-10(17)3-6(16)4-11(12)24-14/h1-5H,(H,18,19,21). The summed E-state index contributed by atoms with van der Waals surface area (Å²) in [4.78, 5) is 26.2. The van der Waals surface area contributed by atoms with Gasteiger partial charge in [0.1, 0.15) is 11.3 Å². The molecule has 24 heavy (non-hydrogen) atoms. The number of anilines is 1. The van der Waals surface area contributed by atoms with E-state index < -0.39 is 22.5 Å². The van der Waals surface area contributed by atoms with Crippen LogP contribution in [0.2, 0.25) is 5.02 Å². The van der Waals surface area contributed by atoms with Crippen molar-refractivity contribution in [1.29, 1.82) is 0 Å². The zero-order chi connectivity index (χ0) is 17.4. The van der Waals surface area contributed by atoms with Crippen molar-refractivity contribution < 1.29 is 18.5 Å². The molecule has 1 aromatic heterocycles. The number of hydrogen-bond donors (Lipinski definition) is 1. The van der Waals surface area contributed by atoms with E-state index in [2.05, 4.69) is 10.3 Å². The number of nitro groups is 1. The van der Waals surface area contributed by atoms with Gasteiger partial charge in [-0.2, -0.15) is 0 Å². The van der Waals surface area contributed by atoms with Crippen LogP contribution in [0.3, 0.4) is 0 Å². The van der Waals surface area contributed by atoms with Gasteiger partial charge in [0.15, 0.2) is 10.9 Å². The first-order valence-electron chi connectivity index (χ1n) is 6.36. The SMILES string of the molecule is O=C(Nc1nc2c(F)cc(F)cc2s1)c1cc([N+](=O)[O-])ccc1Cl. The summed E-state index contributed by atoms with van der Waals surface area (Å²) in [5.74, 6) is -2.36. The Labute approximate surface area is 141 Å². The molecule has 0 spiro atoms. The van der Waals surface area contributed by atoms with Gasteiger partial charge in [-0.15, -0.1) is 0 Å². The number of nitrogens with zero attached hydrogens (tertiary/aromatic N) is 2. The Hall–Kier alpha value is -2.65. The normalized spacial score (nSPS) is 10.8. The lowest BCUT2D eigenvalue weighted by molar-refractivity contribution is -0.384. The number of nitro benzene ring substituents is 1. The Kier molecular flexibility index (Phi) is 4.12. The minimum atomic E-state index is -0.852. The largest absolute Gasteiger partial charge is 0.298 e. The number of amides is 1. The number of halogens is 3. The lowest BCUT2D eigenvalue weighted by Crippen LogP contribution is -2.12. The average molecular weight is 370 g/mol. The topological polar surface area (TPSA) is 85.1 Å². The van der Waals surface area contributed by atoms with Gasteiger partial charge in [-0.1, -0.05) is 22.9 Å². The van der Waals surface area contributed by atoms with Crippen LogP contribution in [0.25, 0.3) is 10.2 Å². The van der Waals surface area contributed by atoms with Gasteiger partial charge in [0.2, 0.25) is 0 Å². The van der Waals surface area contributed by atoms with E-state index in [1.54, 1.807) is 0 Å². The number of fused-ring (bicyclic) bond motifs is 1. The summed E-state index contributed by atoms with van der Waals surface area (Å²) < 4.78 is 27.0. The van der Waals surface area contributed by atoms with Crippen LogP contribution in [-0.4, -0.2) is 15.8 Å². The van der Waals surface area contributed by atoms with Gasteiger partial charge in [0.25, 0.3) is 11.6 Å². The second-order valence-corrected chi connectivity index (χ2v) is 6.07. The Balaban J connectivity index is 1.94. The van der Waals surface area contributed by atoms with Crippen LogP contribution in [0.15, 0.2) is 30.3 Å². The van der Waals surface area contributed by atoms with E-state index in [9.17, 15) is 23.7 Å². The van der Waals surface area contributed by atoms with Crippen LogP contribution in [-0.2, 0) is 0 Å². The Morgan fingerprint density at radius 1 is 1.29 bits per heavy atom. The molecule has 3 aromatic rings. The molecule has 0 atom stereocenters. The van der Waals surface area contributed by atoms with Gasteiger partial charge >= 0.3 is 0 Å². The molecule has 122 valence electrons. The summed E-state index contributed by atoms with van der Waals surface area (Å²) in [5.41, 5.74) is -0.513. The highest BCUT2D eigenvalue weighted by Crippen LogP contribution is 2.30. The van der Waals surface area contributed by atoms with E-state index in [1.807, 2.05) is 0 Å². The van der Waals surface area contributed by atoms with Crippen molar-refractivity contribution in [2.45, 2.75) is 0 Å². The maximum Gasteiger partial charge on any atom is 0.270 e. The number of aromatic nitrogens is 1. The summed E-state index contributed by atoms with van der Waals surface area (Å²) in [5, 5.41) is 13.2. The molecule has 0 unspecified atom stereocenters.